The van der Waals surface area contributed by atoms with Crippen LogP contribution in [0.15, 0.2) is 41.0 Å². The number of hydrogen-bond acceptors (Lipinski definition) is 1. The molecular weight excluding hydrogens is 232 g/mol. The molecule has 0 radical (unpaired) electrons. The van der Waals surface area contributed by atoms with Crippen molar-refractivity contribution in [3.8, 4) is 11.1 Å². The summed E-state index contributed by atoms with van der Waals surface area (Å²) in [5, 5.41) is 0.764. The third kappa shape index (κ3) is 3.37. The summed E-state index contributed by atoms with van der Waals surface area (Å²) in [6.45, 7) is 2.21. The van der Waals surface area contributed by atoms with Gasteiger partial charge in [-0.15, -0.1) is 0 Å². The molecule has 1 heterocycles. The summed E-state index contributed by atoms with van der Waals surface area (Å²) in [7, 11) is 0. The highest BCUT2D eigenvalue weighted by atomic mass is 35.5. The summed E-state index contributed by atoms with van der Waals surface area (Å²) in [6.07, 6.45) is 6.55. The second-order valence-corrected chi connectivity index (χ2v) is 4.70. The number of aryl methyl sites for hydroxylation is 1. The largest absolute Gasteiger partial charge is 0.469 e. The topological polar surface area (TPSA) is 13.1 Å². The molecule has 0 aliphatic heterocycles. The van der Waals surface area contributed by atoms with Crippen LogP contribution in [-0.2, 0) is 6.42 Å². The van der Waals surface area contributed by atoms with Crippen LogP contribution in [0.5, 0.6) is 0 Å². The average molecular weight is 249 g/mol. The van der Waals surface area contributed by atoms with Crippen molar-refractivity contribution in [1.82, 2.24) is 0 Å². The maximum absolute atomic E-state index is 5.87. The van der Waals surface area contributed by atoms with Gasteiger partial charge in [-0.1, -0.05) is 43.5 Å². The van der Waals surface area contributed by atoms with E-state index in [1.807, 2.05) is 30.5 Å². The maximum Gasteiger partial charge on any atom is 0.104 e. The normalized spacial score (nSPS) is 10.7. The zero-order valence-electron chi connectivity index (χ0n) is 10.1. The van der Waals surface area contributed by atoms with E-state index >= 15 is 0 Å². The molecule has 0 spiro atoms. The number of rotatable bonds is 5. The monoisotopic (exact) mass is 248 g/mol. The van der Waals surface area contributed by atoms with E-state index < -0.39 is 0 Å². The first-order valence-corrected chi connectivity index (χ1v) is 6.50. The standard InChI is InChI=1S/C15H17ClO/c1-2-3-4-5-15-10-13(11-17-15)12-6-8-14(16)9-7-12/h6-11H,2-5H2,1H3. The fourth-order valence-electron chi connectivity index (χ4n) is 1.85. The second kappa shape index (κ2) is 5.92. The fraction of sp³-hybridized carbons (Fsp3) is 0.333. The molecule has 0 fully saturated rings. The van der Waals surface area contributed by atoms with Gasteiger partial charge in [0.05, 0.1) is 6.26 Å². The first-order valence-electron chi connectivity index (χ1n) is 6.13. The molecule has 0 saturated carbocycles. The Balaban J connectivity index is 2.04. The van der Waals surface area contributed by atoms with Crippen LogP contribution in [0.1, 0.15) is 31.9 Å². The van der Waals surface area contributed by atoms with Gasteiger partial charge in [0.25, 0.3) is 0 Å². The number of furan rings is 1. The predicted molar refractivity (Wildman–Crippen MR) is 72.4 cm³/mol. The lowest BCUT2D eigenvalue weighted by Crippen LogP contribution is -1.81. The maximum atomic E-state index is 5.87. The molecule has 0 N–H and O–H groups in total. The predicted octanol–water partition coefficient (Wildman–Crippen LogP) is 5.33. The summed E-state index contributed by atoms with van der Waals surface area (Å²) in [4.78, 5) is 0. The highest BCUT2D eigenvalue weighted by molar-refractivity contribution is 6.30. The van der Waals surface area contributed by atoms with Crippen LogP contribution in [0.2, 0.25) is 5.02 Å². The molecule has 0 aliphatic carbocycles. The van der Waals surface area contributed by atoms with E-state index in [1.165, 1.54) is 19.3 Å². The highest BCUT2D eigenvalue weighted by Crippen LogP contribution is 2.24. The lowest BCUT2D eigenvalue weighted by molar-refractivity contribution is 0.497. The molecule has 2 aromatic rings. The molecule has 1 nitrogen and oxygen atoms in total. The Labute approximate surface area is 107 Å². The quantitative estimate of drug-likeness (QED) is 0.652. The molecule has 0 saturated heterocycles. The van der Waals surface area contributed by atoms with Crippen molar-refractivity contribution in [2.75, 3.05) is 0 Å². The average Bonchev–Trinajstić information content (AvgIpc) is 2.79. The van der Waals surface area contributed by atoms with E-state index in [2.05, 4.69) is 13.0 Å². The molecule has 1 aromatic carbocycles. The van der Waals surface area contributed by atoms with Crippen LogP contribution >= 0.6 is 11.6 Å². The smallest absolute Gasteiger partial charge is 0.104 e. The van der Waals surface area contributed by atoms with Crippen LogP contribution in [0.25, 0.3) is 11.1 Å². The Morgan fingerprint density at radius 2 is 1.82 bits per heavy atom. The minimum absolute atomic E-state index is 0.764. The summed E-state index contributed by atoms with van der Waals surface area (Å²) >= 11 is 5.87. The van der Waals surface area contributed by atoms with Crippen molar-refractivity contribution >= 4 is 11.6 Å². The Kier molecular flexibility index (Phi) is 4.27. The number of halogens is 1. The Morgan fingerprint density at radius 3 is 2.53 bits per heavy atom. The first-order chi connectivity index (χ1) is 8.29. The van der Waals surface area contributed by atoms with Gasteiger partial charge >= 0.3 is 0 Å². The minimum atomic E-state index is 0.764. The van der Waals surface area contributed by atoms with E-state index in [9.17, 15) is 0 Å². The van der Waals surface area contributed by atoms with Gasteiger partial charge in [0.2, 0.25) is 0 Å². The zero-order chi connectivity index (χ0) is 12.1. The molecule has 0 aliphatic rings. The van der Waals surface area contributed by atoms with Crippen molar-refractivity contribution in [2.45, 2.75) is 32.6 Å². The first kappa shape index (κ1) is 12.3. The Bertz CT molecular complexity index is 456. The fourth-order valence-corrected chi connectivity index (χ4v) is 1.98. The van der Waals surface area contributed by atoms with Gasteiger partial charge in [0, 0.05) is 17.0 Å². The van der Waals surface area contributed by atoms with E-state index in [0.29, 0.717) is 0 Å². The van der Waals surface area contributed by atoms with Crippen molar-refractivity contribution in [1.29, 1.82) is 0 Å². The van der Waals surface area contributed by atoms with Crippen LogP contribution in [-0.4, -0.2) is 0 Å². The second-order valence-electron chi connectivity index (χ2n) is 4.27. The van der Waals surface area contributed by atoms with E-state index in [0.717, 1.165) is 28.3 Å². The van der Waals surface area contributed by atoms with Crippen molar-refractivity contribution in [2.24, 2.45) is 0 Å². The zero-order valence-corrected chi connectivity index (χ0v) is 10.8. The van der Waals surface area contributed by atoms with Crippen LogP contribution in [0.4, 0.5) is 0 Å². The summed E-state index contributed by atoms with van der Waals surface area (Å²) in [5.74, 6) is 1.07. The van der Waals surface area contributed by atoms with E-state index in [4.69, 9.17) is 16.0 Å². The summed E-state index contributed by atoms with van der Waals surface area (Å²) in [5.41, 5.74) is 2.29. The summed E-state index contributed by atoms with van der Waals surface area (Å²) in [6, 6.07) is 9.96. The lowest BCUT2D eigenvalue weighted by Gasteiger charge is -1.96. The van der Waals surface area contributed by atoms with Gasteiger partial charge in [-0.05, 0) is 30.2 Å². The molecule has 0 amide bonds. The molecule has 2 heteroatoms. The van der Waals surface area contributed by atoms with Crippen LogP contribution in [0, 0.1) is 0 Å². The molecule has 1 aromatic heterocycles. The highest BCUT2D eigenvalue weighted by Gasteiger charge is 2.03. The SMILES string of the molecule is CCCCCc1cc(-c2ccc(Cl)cc2)co1. The van der Waals surface area contributed by atoms with Crippen molar-refractivity contribution in [3.05, 3.63) is 47.4 Å². The molecule has 2 rings (SSSR count). The van der Waals surface area contributed by atoms with Gasteiger partial charge in [-0.25, -0.2) is 0 Å². The molecule has 0 bridgehead atoms. The molecule has 90 valence electrons. The Hall–Kier alpha value is -1.21. The van der Waals surface area contributed by atoms with Crippen molar-refractivity contribution < 1.29 is 4.42 Å². The molecule has 0 atom stereocenters. The van der Waals surface area contributed by atoms with E-state index in [-0.39, 0.29) is 0 Å². The molecule has 17 heavy (non-hydrogen) atoms. The third-order valence-electron chi connectivity index (χ3n) is 2.86. The summed E-state index contributed by atoms with van der Waals surface area (Å²) < 4.78 is 5.56. The van der Waals surface area contributed by atoms with Gasteiger partial charge in [-0.2, -0.15) is 0 Å². The number of hydrogen-bond donors (Lipinski definition) is 0. The minimum Gasteiger partial charge on any atom is -0.469 e. The van der Waals surface area contributed by atoms with Gasteiger partial charge in [0.15, 0.2) is 0 Å². The molecular formula is C15H17ClO. The van der Waals surface area contributed by atoms with Gasteiger partial charge in [-0.3, -0.25) is 0 Å². The van der Waals surface area contributed by atoms with Crippen LogP contribution < -0.4 is 0 Å². The number of benzene rings is 1. The van der Waals surface area contributed by atoms with Crippen molar-refractivity contribution in [3.63, 3.8) is 0 Å². The van der Waals surface area contributed by atoms with E-state index in [1.54, 1.807) is 0 Å². The van der Waals surface area contributed by atoms with Gasteiger partial charge < -0.3 is 4.42 Å². The Morgan fingerprint density at radius 1 is 1.06 bits per heavy atom. The lowest BCUT2D eigenvalue weighted by atomic mass is 10.1. The number of unbranched alkanes of at least 4 members (excludes halogenated alkanes) is 2. The van der Waals surface area contributed by atoms with Gasteiger partial charge in [0.1, 0.15) is 5.76 Å². The van der Waals surface area contributed by atoms with Crippen LogP contribution in [0.3, 0.4) is 0 Å². The molecule has 0 unspecified atom stereocenters. The third-order valence-corrected chi connectivity index (χ3v) is 3.11.